The molecular formula is C21H25NO5. The summed E-state index contributed by atoms with van der Waals surface area (Å²) in [5.74, 6) is 2.51. The number of rotatable bonds is 4. The van der Waals surface area contributed by atoms with Crippen LogP contribution in [0.5, 0.6) is 28.7 Å². The molecule has 1 heterocycles. The van der Waals surface area contributed by atoms with Crippen LogP contribution in [-0.4, -0.2) is 52.0 Å². The molecule has 0 spiro atoms. The van der Waals surface area contributed by atoms with Gasteiger partial charge in [-0.05, 0) is 48.7 Å². The minimum absolute atomic E-state index is 0.167. The highest BCUT2D eigenvalue weighted by Gasteiger charge is 2.39. The van der Waals surface area contributed by atoms with E-state index in [0.29, 0.717) is 23.0 Å². The minimum atomic E-state index is 0.167. The van der Waals surface area contributed by atoms with E-state index >= 15 is 0 Å². The standard InChI is InChI=1S/C21H25NO5/c1-22-7-6-12-17-14(22)8-11-9-15(24-2)16(25-3)10-13(11)18(17)20(26-4)21(27-5)19(12)23/h9-10,14,23H,6-8H2,1-5H3/t14-/m1/s1. The zero-order chi connectivity index (χ0) is 19.3. The van der Waals surface area contributed by atoms with Crippen LogP contribution in [0, 0.1) is 0 Å². The summed E-state index contributed by atoms with van der Waals surface area (Å²) in [5, 5.41) is 10.9. The molecule has 1 atom stereocenters. The fourth-order valence-corrected chi connectivity index (χ4v) is 4.48. The van der Waals surface area contributed by atoms with E-state index in [9.17, 15) is 5.11 Å². The molecule has 0 amide bonds. The maximum absolute atomic E-state index is 10.9. The van der Waals surface area contributed by atoms with E-state index < -0.39 is 0 Å². The van der Waals surface area contributed by atoms with Crippen molar-refractivity contribution in [2.45, 2.75) is 18.9 Å². The van der Waals surface area contributed by atoms with Gasteiger partial charge < -0.3 is 24.1 Å². The van der Waals surface area contributed by atoms with Gasteiger partial charge in [0.15, 0.2) is 23.0 Å². The summed E-state index contributed by atoms with van der Waals surface area (Å²) < 4.78 is 22.3. The average Bonchev–Trinajstić information content (AvgIpc) is 2.69. The fraction of sp³-hybridized carbons (Fsp3) is 0.429. The average molecular weight is 371 g/mol. The number of phenolic OH excluding ortho intramolecular Hbond substituents is 1. The third kappa shape index (κ3) is 2.43. The normalized spacial score (nSPS) is 17.7. The smallest absolute Gasteiger partial charge is 0.204 e. The van der Waals surface area contributed by atoms with Gasteiger partial charge in [-0.2, -0.15) is 0 Å². The highest BCUT2D eigenvalue weighted by Crippen LogP contribution is 2.57. The summed E-state index contributed by atoms with van der Waals surface area (Å²) in [4.78, 5) is 2.33. The van der Waals surface area contributed by atoms with Crippen molar-refractivity contribution in [1.82, 2.24) is 4.90 Å². The van der Waals surface area contributed by atoms with Crippen molar-refractivity contribution in [3.63, 3.8) is 0 Å². The van der Waals surface area contributed by atoms with E-state index in [0.717, 1.165) is 47.2 Å². The molecule has 2 aliphatic rings. The fourth-order valence-electron chi connectivity index (χ4n) is 4.48. The van der Waals surface area contributed by atoms with Gasteiger partial charge in [-0.1, -0.05) is 0 Å². The molecule has 144 valence electrons. The van der Waals surface area contributed by atoms with Gasteiger partial charge in [-0.25, -0.2) is 0 Å². The summed E-state index contributed by atoms with van der Waals surface area (Å²) in [6.07, 6.45) is 1.60. The third-order valence-electron chi connectivity index (χ3n) is 5.81. The lowest BCUT2D eigenvalue weighted by molar-refractivity contribution is 0.223. The summed E-state index contributed by atoms with van der Waals surface area (Å²) >= 11 is 0. The number of hydrogen-bond donors (Lipinski definition) is 1. The summed E-state index contributed by atoms with van der Waals surface area (Å²) in [6.45, 7) is 0.878. The van der Waals surface area contributed by atoms with E-state index in [2.05, 4.69) is 11.9 Å². The molecule has 2 aromatic rings. The maximum Gasteiger partial charge on any atom is 0.204 e. The number of methoxy groups -OCH3 is 4. The van der Waals surface area contributed by atoms with E-state index in [1.54, 1.807) is 28.4 Å². The Morgan fingerprint density at radius 1 is 0.963 bits per heavy atom. The zero-order valence-corrected chi connectivity index (χ0v) is 16.4. The molecule has 1 N–H and O–H groups in total. The Labute approximate surface area is 159 Å². The van der Waals surface area contributed by atoms with Gasteiger partial charge >= 0.3 is 0 Å². The zero-order valence-electron chi connectivity index (χ0n) is 16.4. The first kappa shape index (κ1) is 17.8. The molecule has 0 bridgehead atoms. The highest BCUT2D eigenvalue weighted by molar-refractivity contribution is 5.87. The Bertz CT molecular complexity index is 908. The molecule has 0 saturated carbocycles. The van der Waals surface area contributed by atoms with Crippen LogP contribution in [0.1, 0.15) is 22.7 Å². The van der Waals surface area contributed by atoms with Crippen LogP contribution >= 0.6 is 0 Å². The molecule has 27 heavy (non-hydrogen) atoms. The van der Waals surface area contributed by atoms with Crippen molar-refractivity contribution in [1.29, 1.82) is 0 Å². The van der Waals surface area contributed by atoms with Gasteiger partial charge in [0.2, 0.25) is 5.75 Å². The molecule has 0 aromatic heterocycles. The van der Waals surface area contributed by atoms with Gasteiger partial charge in [-0.3, -0.25) is 4.90 Å². The number of hydrogen-bond acceptors (Lipinski definition) is 6. The second-order valence-electron chi connectivity index (χ2n) is 7.00. The predicted molar refractivity (Wildman–Crippen MR) is 103 cm³/mol. The largest absolute Gasteiger partial charge is 0.504 e. The molecule has 0 unspecified atom stereocenters. The van der Waals surface area contributed by atoms with E-state index in [-0.39, 0.29) is 11.8 Å². The summed E-state index contributed by atoms with van der Waals surface area (Å²) in [6, 6.07) is 4.20. The first-order valence-corrected chi connectivity index (χ1v) is 9.00. The molecule has 2 aromatic carbocycles. The summed E-state index contributed by atoms with van der Waals surface area (Å²) in [7, 11) is 8.57. The van der Waals surface area contributed by atoms with E-state index in [4.69, 9.17) is 18.9 Å². The van der Waals surface area contributed by atoms with Crippen LogP contribution < -0.4 is 18.9 Å². The first-order valence-electron chi connectivity index (χ1n) is 9.00. The molecule has 1 aliphatic carbocycles. The number of fused-ring (bicyclic) bond motifs is 2. The lowest BCUT2D eigenvalue weighted by Gasteiger charge is -2.41. The van der Waals surface area contributed by atoms with Crippen LogP contribution in [-0.2, 0) is 12.8 Å². The van der Waals surface area contributed by atoms with Crippen molar-refractivity contribution in [3.05, 3.63) is 28.8 Å². The topological polar surface area (TPSA) is 60.4 Å². The number of ether oxygens (including phenoxy) is 4. The van der Waals surface area contributed by atoms with Crippen molar-refractivity contribution < 1.29 is 24.1 Å². The van der Waals surface area contributed by atoms with Crippen LogP contribution in [0.15, 0.2) is 12.1 Å². The summed E-state index contributed by atoms with van der Waals surface area (Å²) in [5.41, 5.74) is 5.24. The molecule has 6 heteroatoms. The Hall–Kier alpha value is -2.60. The first-order chi connectivity index (χ1) is 13.0. The number of phenols is 1. The number of nitrogens with zero attached hydrogens (tertiary/aromatic N) is 1. The van der Waals surface area contributed by atoms with Gasteiger partial charge in [0.25, 0.3) is 0 Å². The van der Waals surface area contributed by atoms with E-state index in [1.807, 2.05) is 12.1 Å². The molecule has 0 fully saturated rings. The van der Waals surface area contributed by atoms with Crippen LogP contribution in [0.3, 0.4) is 0 Å². The number of likely N-dealkylation sites (N-methyl/N-ethyl adjacent to an activating group) is 1. The highest BCUT2D eigenvalue weighted by atomic mass is 16.5. The van der Waals surface area contributed by atoms with Crippen molar-refractivity contribution in [2.75, 3.05) is 42.0 Å². The number of benzene rings is 2. The number of aromatic hydroxyl groups is 1. The predicted octanol–water partition coefficient (Wildman–Crippen LogP) is 3.18. The molecule has 0 radical (unpaired) electrons. The van der Waals surface area contributed by atoms with Gasteiger partial charge in [0.05, 0.1) is 28.4 Å². The molecular weight excluding hydrogens is 346 g/mol. The lowest BCUT2D eigenvalue weighted by atomic mass is 9.76. The molecule has 0 saturated heterocycles. The van der Waals surface area contributed by atoms with Crippen molar-refractivity contribution in [2.24, 2.45) is 0 Å². The van der Waals surface area contributed by atoms with Gasteiger partial charge in [0.1, 0.15) is 0 Å². The van der Waals surface area contributed by atoms with Crippen molar-refractivity contribution in [3.8, 4) is 39.9 Å². The Morgan fingerprint density at radius 3 is 2.26 bits per heavy atom. The van der Waals surface area contributed by atoms with Crippen LogP contribution in [0.4, 0.5) is 0 Å². The van der Waals surface area contributed by atoms with Gasteiger partial charge in [0, 0.05) is 23.7 Å². The molecule has 1 aliphatic heterocycles. The minimum Gasteiger partial charge on any atom is -0.504 e. The monoisotopic (exact) mass is 371 g/mol. The Morgan fingerprint density at radius 2 is 1.63 bits per heavy atom. The quantitative estimate of drug-likeness (QED) is 0.891. The van der Waals surface area contributed by atoms with Gasteiger partial charge in [-0.15, -0.1) is 0 Å². The van der Waals surface area contributed by atoms with E-state index in [1.165, 1.54) is 0 Å². The lowest BCUT2D eigenvalue weighted by Crippen LogP contribution is -2.35. The molecule has 6 nitrogen and oxygen atoms in total. The maximum atomic E-state index is 10.9. The van der Waals surface area contributed by atoms with Crippen LogP contribution in [0.25, 0.3) is 11.1 Å². The SMILES string of the molecule is COc1cc2c(cc1OC)-c1c(OC)c(OC)c(O)c3c1[C@@H](C2)N(C)CC3. The van der Waals surface area contributed by atoms with Crippen LogP contribution in [0.2, 0.25) is 0 Å². The Kier molecular flexibility index (Phi) is 4.30. The van der Waals surface area contributed by atoms with Crippen molar-refractivity contribution >= 4 is 0 Å². The second kappa shape index (κ2) is 6.53. The molecule has 4 rings (SSSR count). The Balaban J connectivity index is 2.11. The second-order valence-corrected chi connectivity index (χ2v) is 7.00. The third-order valence-corrected chi connectivity index (χ3v) is 5.81.